The van der Waals surface area contributed by atoms with E-state index in [0.29, 0.717) is 19.6 Å². The minimum absolute atomic E-state index is 0.0532. The molecule has 1 heterocycles. The van der Waals surface area contributed by atoms with E-state index in [0.717, 1.165) is 44.9 Å². The Labute approximate surface area is 197 Å². The quantitative estimate of drug-likeness (QED) is 0.663. The Morgan fingerprint density at radius 3 is 2.27 bits per heavy atom. The molecule has 1 aromatic rings. The van der Waals surface area contributed by atoms with E-state index in [4.69, 9.17) is 5.73 Å². The summed E-state index contributed by atoms with van der Waals surface area (Å²) in [5.74, 6) is -0.405. The predicted molar refractivity (Wildman–Crippen MR) is 127 cm³/mol. The van der Waals surface area contributed by atoms with Crippen molar-refractivity contribution in [3.63, 3.8) is 0 Å². The molecule has 33 heavy (non-hydrogen) atoms. The van der Waals surface area contributed by atoms with Gasteiger partial charge in [0.25, 0.3) is 0 Å². The Kier molecular flexibility index (Phi) is 5.94. The number of nitrogens with one attached hydrogen (secondary N) is 1. The van der Waals surface area contributed by atoms with Gasteiger partial charge >= 0.3 is 6.03 Å². The molecule has 1 saturated heterocycles. The van der Waals surface area contributed by atoms with E-state index in [9.17, 15) is 14.9 Å². The number of hydrogen-bond acceptors (Lipinski definition) is 4. The number of rotatable bonds is 7. The molecule has 3 N–H and O–H groups in total. The van der Waals surface area contributed by atoms with E-state index in [1.807, 2.05) is 22.9 Å². The Morgan fingerprint density at radius 1 is 1.15 bits per heavy atom. The summed E-state index contributed by atoms with van der Waals surface area (Å²) in [4.78, 5) is 29.5. The van der Waals surface area contributed by atoms with Gasteiger partial charge in [0.15, 0.2) is 0 Å². The van der Waals surface area contributed by atoms with E-state index >= 15 is 0 Å². The average molecular weight is 452 g/mol. The highest BCUT2D eigenvalue weighted by Crippen LogP contribution is 2.50. The molecule has 3 amide bonds. The van der Waals surface area contributed by atoms with Crippen LogP contribution in [0.2, 0.25) is 0 Å². The molecule has 7 nitrogen and oxygen atoms in total. The van der Waals surface area contributed by atoms with Gasteiger partial charge in [0, 0.05) is 25.2 Å². The number of carbonyl (C=O) groups excluding carboxylic acids is 2. The van der Waals surface area contributed by atoms with Crippen molar-refractivity contribution >= 4 is 11.9 Å². The third-order valence-corrected chi connectivity index (χ3v) is 8.66. The fourth-order valence-electron chi connectivity index (χ4n) is 6.02. The zero-order valence-electron chi connectivity index (χ0n) is 20.2. The minimum atomic E-state index is -0.802. The molecule has 7 heteroatoms. The van der Waals surface area contributed by atoms with Gasteiger partial charge in [-0.3, -0.25) is 4.79 Å². The van der Waals surface area contributed by atoms with Gasteiger partial charge in [-0.2, -0.15) is 5.26 Å². The smallest absolute Gasteiger partial charge is 0.320 e. The highest BCUT2D eigenvalue weighted by molar-refractivity contribution is 5.83. The van der Waals surface area contributed by atoms with Crippen molar-refractivity contribution in [1.82, 2.24) is 15.1 Å². The second-order valence-corrected chi connectivity index (χ2v) is 11.1. The van der Waals surface area contributed by atoms with E-state index in [1.54, 1.807) is 13.8 Å². The van der Waals surface area contributed by atoms with Gasteiger partial charge in [-0.15, -0.1) is 0 Å². The SMILES string of the molecule is CNC1(c2ccccc2)CCC2(CC1)CN(CC(C)(C)C(N)=O)C(=O)N2CC1(C#N)CCC1. The van der Waals surface area contributed by atoms with Crippen LogP contribution >= 0.6 is 0 Å². The van der Waals surface area contributed by atoms with Crippen LogP contribution in [0.25, 0.3) is 0 Å². The number of primary amides is 1. The number of urea groups is 1. The lowest BCUT2D eigenvalue weighted by molar-refractivity contribution is -0.126. The molecule has 0 radical (unpaired) electrons. The van der Waals surface area contributed by atoms with E-state index in [-0.39, 0.29) is 17.1 Å². The number of amides is 3. The first-order chi connectivity index (χ1) is 15.6. The Balaban J connectivity index is 1.62. The van der Waals surface area contributed by atoms with Crippen LogP contribution in [0.1, 0.15) is 64.4 Å². The molecule has 3 fully saturated rings. The topological polar surface area (TPSA) is 102 Å². The van der Waals surface area contributed by atoms with Gasteiger partial charge in [-0.25, -0.2) is 4.79 Å². The van der Waals surface area contributed by atoms with Crippen molar-refractivity contribution < 1.29 is 9.59 Å². The Hall–Kier alpha value is -2.59. The molecule has 1 aromatic carbocycles. The van der Waals surface area contributed by atoms with Crippen LogP contribution in [0.5, 0.6) is 0 Å². The summed E-state index contributed by atoms with van der Waals surface area (Å²) >= 11 is 0. The highest BCUT2D eigenvalue weighted by Gasteiger charge is 2.56. The lowest BCUT2D eigenvalue weighted by Crippen LogP contribution is -2.57. The number of benzene rings is 1. The number of nitrogens with zero attached hydrogens (tertiary/aromatic N) is 3. The maximum atomic E-state index is 13.7. The summed E-state index contributed by atoms with van der Waals surface area (Å²) < 4.78 is 0. The first-order valence-electron chi connectivity index (χ1n) is 12.1. The summed E-state index contributed by atoms with van der Waals surface area (Å²) in [5.41, 5.74) is 5.23. The third kappa shape index (κ3) is 3.99. The third-order valence-electron chi connectivity index (χ3n) is 8.66. The van der Waals surface area contributed by atoms with Gasteiger partial charge in [-0.1, -0.05) is 36.8 Å². The van der Waals surface area contributed by atoms with Crippen LogP contribution in [-0.2, 0) is 10.3 Å². The molecule has 0 bridgehead atoms. The normalized spacial score (nSPS) is 29.1. The van der Waals surface area contributed by atoms with Gasteiger partial charge in [0.2, 0.25) is 5.91 Å². The molecule has 178 valence electrons. The average Bonchev–Trinajstić information content (AvgIpc) is 3.02. The molecule has 3 aliphatic rings. The van der Waals surface area contributed by atoms with E-state index in [2.05, 4.69) is 35.7 Å². The molecular formula is C26H37N5O2. The summed E-state index contributed by atoms with van der Waals surface area (Å²) in [6.07, 6.45) is 6.25. The van der Waals surface area contributed by atoms with Crippen molar-refractivity contribution in [2.45, 2.75) is 69.9 Å². The lowest BCUT2D eigenvalue weighted by atomic mass is 9.66. The zero-order chi connectivity index (χ0) is 23.9. The molecule has 1 aliphatic heterocycles. The largest absolute Gasteiger partial charge is 0.369 e. The van der Waals surface area contributed by atoms with Gasteiger partial charge in [0.1, 0.15) is 0 Å². The fraction of sp³-hybridized carbons (Fsp3) is 0.654. The van der Waals surface area contributed by atoms with Crippen LogP contribution < -0.4 is 11.1 Å². The second-order valence-electron chi connectivity index (χ2n) is 11.1. The van der Waals surface area contributed by atoms with E-state index in [1.165, 1.54) is 5.56 Å². The molecular weight excluding hydrogens is 414 g/mol. The van der Waals surface area contributed by atoms with Gasteiger partial charge in [-0.05, 0) is 65.0 Å². The molecule has 1 spiro atoms. The van der Waals surface area contributed by atoms with Crippen LogP contribution in [0.3, 0.4) is 0 Å². The monoisotopic (exact) mass is 451 g/mol. The van der Waals surface area contributed by atoms with Crippen molar-refractivity contribution in [1.29, 1.82) is 5.26 Å². The number of nitriles is 1. The fourth-order valence-corrected chi connectivity index (χ4v) is 6.02. The van der Waals surface area contributed by atoms with Crippen LogP contribution in [0, 0.1) is 22.2 Å². The zero-order valence-corrected chi connectivity index (χ0v) is 20.2. The predicted octanol–water partition coefficient (Wildman–Crippen LogP) is 3.36. The summed E-state index contributed by atoms with van der Waals surface area (Å²) in [5, 5.41) is 13.5. The Morgan fingerprint density at radius 2 is 1.79 bits per heavy atom. The molecule has 0 atom stereocenters. The standard InChI is InChI=1S/C26H37N5O2/c1-23(2,21(28)32)17-30-19-25(31(22(30)33)18-24(16-27)10-7-11-24)12-14-26(29-3,15-13-25)20-8-5-4-6-9-20/h4-6,8-9,29H,7,10-15,17-19H2,1-3H3,(H2,28,32). The first-order valence-corrected chi connectivity index (χ1v) is 12.1. The highest BCUT2D eigenvalue weighted by atomic mass is 16.2. The summed E-state index contributed by atoms with van der Waals surface area (Å²) in [7, 11) is 2.02. The van der Waals surface area contributed by atoms with Crippen LogP contribution in [0.15, 0.2) is 30.3 Å². The maximum Gasteiger partial charge on any atom is 0.320 e. The number of carbonyl (C=O) groups is 2. The molecule has 2 saturated carbocycles. The molecule has 2 aliphatic carbocycles. The van der Waals surface area contributed by atoms with Crippen LogP contribution in [0.4, 0.5) is 4.79 Å². The second kappa shape index (κ2) is 8.32. The summed E-state index contributed by atoms with van der Waals surface area (Å²) in [6.45, 7) is 4.95. The van der Waals surface area contributed by atoms with Crippen molar-refractivity contribution in [2.24, 2.45) is 16.6 Å². The minimum Gasteiger partial charge on any atom is -0.369 e. The number of hydrogen-bond donors (Lipinski definition) is 2. The first kappa shape index (κ1) is 23.6. The van der Waals surface area contributed by atoms with Crippen molar-refractivity contribution in [3.8, 4) is 6.07 Å². The molecule has 0 aromatic heterocycles. The van der Waals surface area contributed by atoms with Gasteiger partial charge < -0.3 is 20.9 Å². The van der Waals surface area contributed by atoms with E-state index < -0.39 is 16.7 Å². The van der Waals surface area contributed by atoms with Gasteiger partial charge in [0.05, 0.1) is 22.4 Å². The van der Waals surface area contributed by atoms with Crippen molar-refractivity contribution in [3.05, 3.63) is 35.9 Å². The summed E-state index contributed by atoms with van der Waals surface area (Å²) in [6, 6.07) is 13.0. The molecule has 4 rings (SSSR count). The van der Waals surface area contributed by atoms with Crippen LogP contribution in [-0.4, -0.2) is 54.0 Å². The molecule has 0 unspecified atom stereocenters. The Bertz CT molecular complexity index is 939. The number of nitrogens with two attached hydrogens (primary N) is 1. The lowest BCUT2D eigenvalue weighted by Gasteiger charge is -2.50. The maximum absolute atomic E-state index is 13.7. The van der Waals surface area contributed by atoms with Crippen molar-refractivity contribution in [2.75, 3.05) is 26.7 Å².